The summed E-state index contributed by atoms with van der Waals surface area (Å²) in [6.07, 6.45) is 0. The van der Waals surface area contributed by atoms with E-state index in [0.717, 1.165) is 5.56 Å². The summed E-state index contributed by atoms with van der Waals surface area (Å²) >= 11 is 0. The summed E-state index contributed by atoms with van der Waals surface area (Å²) in [7, 11) is 3.42. The van der Waals surface area contributed by atoms with Crippen LogP contribution in [0.1, 0.15) is 24.1 Å². The van der Waals surface area contributed by atoms with Crippen LogP contribution in [0.15, 0.2) is 24.3 Å². The van der Waals surface area contributed by atoms with Crippen LogP contribution in [-0.4, -0.2) is 38.1 Å². The van der Waals surface area contributed by atoms with Gasteiger partial charge < -0.3 is 15.5 Å². The molecule has 5 nitrogen and oxygen atoms in total. The predicted molar refractivity (Wildman–Crippen MR) is 74.7 cm³/mol. The molecular weight excluding hydrogens is 240 g/mol. The molecule has 0 saturated heterocycles. The summed E-state index contributed by atoms with van der Waals surface area (Å²) in [5.74, 6) is 0. The number of amides is 2. The lowest BCUT2D eigenvalue weighted by Crippen LogP contribution is -2.38. The second-order valence-corrected chi connectivity index (χ2v) is 4.54. The smallest absolute Gasteiger partial charge is 0.316 e. The Hall–Kier alpha value is -2.06. The van der Waals surface area contributed by atoms with Gasteiger partial charge in [-0.2, -0.15) is 5.26 Å². The SMILES string of the molecule is CC(NCCNC(=O)N(C)C)c1ccc(C#N)cc1. The number of rotatable bonds is 5. The summed E-state index contributed by atoms with van der Waals surface area (Å²) < 4.78 is 0. The van der Waals surface area contributed by atoms with Crippen LogP contribution in [0.25, 0.3) is 0 Å². The van der Waals surface area contributed by atoms with E-state index >= 15 is 0 Å². The van der Waals surface area contributed by atoms with Gasteiger partial charge in [0.25, 0.3) is 0 Å². The number of carbonyl (C=O) groups is 1. The van der Waals surface area contributed by atoms with Gasteiger partial charge in [-0.15, -0.1) is 0 Å². The van der Waals surface area contributed by atoms with Gasteiger partial charge in [0.15, 0.2) is 0 Å². The fourth-order valence-corrected chi connectivity index (χ4v) is 1.58. The zero-order chi connectivity index (χ0) is 14.3. The number of nitrogens with one attached hydrogen (secondary N) is 2. The van der Waals surface area contributed by atoms with E-state index < -0.39 is 0 Å². The van der Waals surface area contributed by atoms with Gasteiger partial charge in [-0.1, -0.05) is 12.1 Å². The van der Waals surface area contributed by atoms with Crippen LogP contribution in [0.2, 0.25) is 0 Å². The lowest BCUT2D eigenvalue weighted by atomic mass is 10.1. The monoisotopic (exact) mass is 260 g/mol. The van der Waals surface area contributed by atoms with Crippen molar-refractivity contribution >= 4 is 6.03 Å². The fourth-order valence-electron chi connectivity index (χ4n) is 1.58. The van der Waals surface area contributed by atoms with Crippen LogP contribution in [0, 0.1) is 11.3 Å². The van der Waals surface area contributed by atoms with Crippen molar-refractivity contribution in [3.8, 4) is 6.07 Å². The van der Waals surface area contributed by atoms with Crippen LogP contribution in [0.3, 0.4) is 0 Å². The Labute approximate surface area is 114 Å². The molecule has 102 valence electrons. The molecule has 1 atom stereocenters. The molecule has 0 bridgehead atoms. The number of nitrogens with zero attached hydrogens (tertiary/aromatic N) is 2. The van der Waals surface area contributed by atoms with Gasteiger partial charge in [-0.25, -0.2) is 4.79 Å². The second kappa shape index (κ2) is 7.39. The average molecular weight is 260 g/mol. The highest BCUT2D eigenvalue weighted by Gasteiger charge is 2.05. The summed E-state index contributed by atoms with van der Waals surface area (Å²) in [4.78, 5) is 12.8. The van der Waals surface area contributed by atoms with Crippen molar-refractivity contribution in [3.05, 3.63) is 35.4 Å². The normalized spacial score (nSPS) is 11.5. The van der Waals surface area contributed by atoms with Crippen molar-refractivity contribution < 1.29 is 4.79 Å². The van der Waals surface area contributed by atoms with E-state index in [9.17, 15) is 4.79 Å². The first-order valence-corrected chi connectivity index (χ1v) is 6.23. The molecule has 0 aromatic heterocycles. The molecule has 0 radical (unpaired) electrons. The van der Waals surface area contributed by atoms with Crippen molar-refractivity contribution in [1.82, 2.24) is 15.5 Å². The quantitative estimate of drug-likeness (QED) is 0.788. The van der Waals surface area contributed by atoms with Crippen molar-refractivity contribution in [2.75, 3.05) is 27.2 Å². The molecule has 1 rings (SSSR count). The highest BCUT2D eigenvalue weighted by atomic mass is 16.2. The largest absolute Gasteiger partial charge is 0.337 e. The number of benzene rings is 1. The van der Waals surface area contributed by atoms with Crippen molar-refractivity contribution in [2.45, 2.75) is 13.0 Å². The first kappa shape index (κ1) is 15.0. The summed E-state index contributed by atoms with van der Waals surface area (Å²) in [5, 5.41) is 14.8. The maximum Gasteiger partial charge on any atom is 0.316 e. The Bertz CT molecular complexity index is 448. The van der Waals surface area contributed by atoms with Gasteiger partial charge in [0.1, 0.15) is 0 Å². The van der Waals surface area contributed by atoms with Crippen LogP contribution in [0.5, 0.6) is 0 Å². The number of carbonyl (C=O) groups excluding carboxylic acids is 1. The van der Waals surface area contributed by atoms with Gasteiger partial charge in [-0.05, 0) is 24.6 Å². The summed E-state index contributed by atoms with van der Waals surface area (Å²) in [6, 6.07) is 9.68. The first-order chi connectivity index (χ1) is 9.04. The van der Waals surface area contributed by atoms with Crippen LogP contribution in [-0.2, 0) is 0 Å². The van der Waals surface area contributed by atoms with E-state index in [1.165, 1.54) is 4.90 Å². The minimum Gasteiger partial charge on any atom is -0.337 e. The lowest BCUT2D eigenvalue weighted by molar-refractivity contribution is 0.217. The Morgan fingerprint density at radius 2 is 1.95 bits per heavy atom. The molecule has 0 saturated carbocycles. The maximum atomic E-state index is 11.3. The van der Waals surface area contributed by atoms with E-state index in [-0.39, 0.29) is 12.1 Å². The molecule has 19 heavy (non-hydrogen) atoms. The molecule has 0 aliphatic carbocycles. The molecule has 5 heteroatoms. The summed E-state index contributed by atoms with van der Waals surface area (Å²) in [6.45, 7) is 3.33. The first-order valence-electron chi connectivity index (χ1n) is 6.23. The average Bonchev–Trinajstić information content (AvgIpc) is 2.43. The van der Waals surface area contributed by atoms with E-state index in [1.54, 1.807) is 26.2 Å². The fraction of sp³-hybridized carbons (Fsp3) is 0.429. The van der Waals surface area contributed by atoms with Crippen LogP contribution in [0.4, 0.5) is 4.79 Å². The molecule has 0 heterocycles. The minimum atomic E-state index is -0.0900. The van der Waals surface area contributed by atoms with E-state index in [4.69, 9.17) is 5.26 Å². The van der Waals surface area contributed by atoms with E-state index in [0.29, 0.717) is 18.7 Å². The Morgan fingerprint density at radius 3 is 2.47 bits per heavy atom. The number of nitriles is 1. The van der Waals surface area contributed by atoms with Gasteiger partial charge in [-0.3, -0.25) is 0 Å². The Kier molecular flexibility index (Phi) is 5.83. The van der Waals surface area contributed by atoms with Gasteiger partial charge in [0, 0.05) is 33.2 Å². The van der Waals surface area contributed by atoms with E-state index in [1.807, 2.05) is 12.1 Å². The standard InChI is InChI=1S/C14H20N4O/c1-11(13-6-4-12(10-15)5-7-13)16-8-9-17-14(19)18(2)3/h4-7,11,16H,8-9H2,1-3H3,(H,17,19). The molecule has 1 unspecified atom stereocenters. The molecule has 0 spiro atoms. The minimum absolute atomic E-state index is 0.0900. The molecular formula is C14H20N4O. The number of urea groups is 1. The Morgan fingerprint density at radius 1 is 1.32 bits per heavy atom. The second-order valence-electron chi connectivity index (χ2n) is 4.54. The zero-order valence-electron chi connectivity index (χ0n) is 11.6. The number of hydrogen-bond donors (Lipinski definition) is 2. The van der Waals surface area contributed by atoms with Crippen molar-refractivity contribution in [1.29, 1.82) is 5.26 Å². The number of hydrogen-bond acceptors (Lipinski definition) is 3. The van der Waals surface area contributed by atoms with Crippen LogP contribution >= 0.6 is 0 Å². The van der Waals surface area contributed by atoms with Gasteiger partial charge >= 0.3 is 6.03 Å². The molecule has 2 N–H and O–H groups in total. The summed E-state index contributed by atoms with van der Waals surface area (Å²) in [5.41, 5.74) is 1.78. The van der Waals surface area contributed by atoms with Crippen molar-refractivity contribution in [2.24, 2.45) is 0 Å². The molecule has 0 aliphatic heterocycles. The molecule has 0 aliphatic rings. The van der Waals surface area contributed by atoms with Crippen LogP contribution < -0.4 is 10.6 Å². The zero-order valence-corrected chi connectivity index (χ0v) is 11.6. The molecule has 1 aromatic carbocycles. The lowest BCUT2D eigenvalue weighted by Gasteiger charge is -2.16. The topological polar surface area (TPSA) is 68.2 Å². The predicted octanol–water partition coefficient (Wildman–Crippen LogP) is 1.48. The van der Waals surface area contributed by atoms with Gasteiger partial charge in [0.05, 0.1) is 11.6 Å². The van der Waals surface area contributed by atoms with Gasteiger partial charge in [0.2, 0.25) is 0 Å². The highest BCUT2D eigenvalue weighted by Crippen LogP contribution is 2.12. The van der Waals surface area contributed by atoms with E-state index in [2.05, 4.69) is 23.6 Å². The molecule has 2 amide bonds. The third-order valence-corrected chi connectivity index (χ3v) is 2.80. The third kappa shape index (κ3) is 4.98. The van der Waals surface area contributed by atoms with Crippen molar-refractivity contribution in [3.63, 3.8) is 0 Å². The molecule has 0 fully saturated rings. The highest BCUT2D eigenvalue weighted by molar-refractivity contribution is 5.73. The molecule has 1 aromatic rings. The maximum absolute atomic E-state index is 11.3. The third-order valence-electron chi connectivity index (χ3n) is 2.80. The Balaban J connectivity index is 2.33.